The van der Waals surface area contributed by atoms with Gasteiger partial charge in [-0.05, 0) is 31.9 Å². The molecule has 0 unspecified atom stereocenters. The summed E-state index contributed by atoms with van der Waals surface area (Å²) in [6.45, 7) is 1.69. The van der Waals surface area contributed by atoms with Gasteiger partial charge in [-0.1, -0.05) is 0 Å². The van der Waals surface area contributed by atoms with Gasteiger partial charge in [0.05, 0.1) is 17.0 Å². The van der Waals surface area contributed by atoms with Gasteiger partial charge in [-0.2, -0.15) is 0 Å². The van der Waals surface area contributed by atoms with Crippen LogP contribution in [0.4, 0.5) is 10.9 Å². The van der Waals surface area contributed by atoms with Crippen LogP contribution in [0, 0.1) is 6.92 Å². The van der Waals surface area contributed by atoms with Crippen LogP contribution < -0.4 is 5.32 Å². The van der Waals surface area contributed by atoms with Crippen LogP contribution in [0.3, 0.4) is 0 Å². The molecule has 0 atom stereocenters. The smallest absolute Gasteiger partial charge is 0.337 e. The largest absolute Gasteiger partial charge is 0.478 e. The van der Waals surface area contributed by atoms with Crippen molar-refractivity contribution in [2.45, 2.75) is 25.7 Å². The number of nitrogens with zero attached hydrogens (tertiary/aromatic N) is 2. The lowest BCUT2D eigenvalue weighted by atomic mass is 10.2. The van der Waals surface area contributed by atoms with Crippen molar-refractivity contribution in [1.82, 2.24) is 9.97 Å². The van der Waals surface area contributed by atoms with E-state index in [4.69, 9.17) is 5.11 Å². The van der Waals surface area contributed by atoms with Gasteiger partial charge in [-0.3, -0.25) is 0 Å². The normalized spacial score (nSPS) is 14.4. The predicted molar refractivity (Wildman–Crippen MR) is 73.3 cm³/mol. The fourth-order valence-electron chi connectivity index (χ4n) is 1.88. The molecule has 1 aliphatic carbocycles. The summed E-state index contributed by atoms with van der Waals surface area (Å²) in [5, 5.41) is 14.9. The summed E-state index contributed by atoms with van der Waals surface area (Å²) in [4.78, 5) is 19.6. The highest BCUT2D eigenvalue weighted by molar-refractivity contribution is 7.13. The fourth-order valence-corrected chi connectivity index (χ4v) is 2.68. The summed E-state index contributed by atoms with van der Waals surface area (Å²) in [5.74, 6) is 0.303. The monoisotopic (exact) mass is 275 g/mol. The molecule has 0 aliphatic heterocycles. The number of aryl methyl sites for hydroxylation is 1. The first-order chi connectivity index (χ1) is 9.13. The number of carbonyl (C=O) groups is 1. The van der Waals surface area contributed by atoms with Gasteiger partial charge in [0.1, 0.15) is 5.82 Å². The first kappa shape index (κ1) is 12.1. The Morgan fingerprint density at radius 3 is 2.84 bits per heavy atom. The van der Waals surface area contributed by atoms with E-state index in [1.165, 1.54) is 12.8 Å². The Morgan fingerprint density at radius 2 is 2.21 bits per heavy atom. The summed E-state index contributed by atoms with van der Waals surface area (Å²) < 4.78 is 0. The molecule has 2 heterocycles. The van der Waals surface area contributed by atoms with Gasteiger partial charge < -0.3 is 10.4 Å². The van der Waals surface area contributed by atoms with Crippen LogP contribution >= 0.6 is 11.3 Å². The Hall–Kier alpha value is -1.95. The zero-order chi connectivity index (χ0) is 13.4. The van der Waals surface area contributed by atoms with Crippen LogP contribution in [0.2, 0.25) is 0 Å². The minimum atomic E-state index is -0.957. The zero-order valence-corrected chi connectivity index (χ0v) is 11.2. The zero-order valence-electron chi connectivity index (χ0n) is 10.4. The van der Waals surface area contributed by atoms with Gasteiger partial charge >= 0.3 is 5.97 Å². The third-order valence-corrected chi connectivity index (χ3v) is 3.84. The third kappa shape index (κ3) is 2.58. The highest BCUT2D eigenvalue weighted by atomic mass is 32.1. The molecule has 0 spiro atoms. The summed E-state index contributed by atoms with van der Waals surface area (Å²) in [6.07, 6.45) is 2.46. The summed E-state index contributed by atoms with van der Waals surface area (Å²) in [5.41, 5.74) is 1.87. The summed E-state index contributed by atoms with van der Waals surface area (Å²) in [6, 6.07) is 3.22. The van der Waals surface area contributed by atoms with Crippen molar-refractivity contribution in [2.75, 3.05) is 5.32 Å². The molecule has 0 saturated heterocycles. The Balaban J connectivity index is 1.78. The van der Waals surface area contributed by atoms with Crippen LogP contribution in [0.25, 0.3) is 0 Å². The van der Waals surface area contributed by atoms with Gasteiger partial charge in [0, 0.05) is 11.3 Å². The van der Waals surface area contributed by atoms with E-state index in [2.05, 4.69) is 20.7 Å². The van der Waals surface area contributed by atoms with Crippen molar-refractivity contribution >= 4 is 28.3 Å². The van der Waals surface area contributed by atoms with Gasteiger partial charge in [0.25, 0.3) is 0 Å². The van der Waals surface area contributed by atoms with Gasteiger partial charge in [0.15, 0.2) is 5.13 Å². The SMILES string of the molecule is Cc1nc(Nc2nc(C3CC3)cs2)ccc1C(=O)O. The molecule has 0 bridgehead atoms. The maximum Gasteiger partial charge on any atom is 0.337 e. The molecule has 6 heteroatoms. The van der Waals surface area contributed by atoms with Crippen molar-refractivity contribution in [2.24, 2.45) is 0 Å². The molecular formula is C13H13N3O2S. The lowest BCUT2D eigenvalue weighted by Crippen LogP contribution is -2.03. The van der Waals surface area contributed by atoms with Crippen molar-refractivity contribution < 1.29 is 9.90 Å². The average molecular weight is 275 g/mol. The van der Waals surface area contributed by atoms with E-state index in [1.807, 2.05) is 0 Å². The highest BCUT2D eigenvalue weighted by Gasteiger charge is 2.26. The molecule has 1 aliphatic rings. The number of rotatable bonds is 4. The Bertz CT molecular complexity index is 635. The highest BCUT2D eigenvalue weighted by Crippen LogP contribution is 2.41. The van der Waals surface area contributed by atoms with E-state index in [0.29, 0.717) is 17.4 Å². The second-order valence-electron chi connectivity index (χ2n) is 4.61. The van der Waals surface area contributed by atoms with E-state index in [1.54, 1.807) is 30.4 Å². The second kappa shape index (κ2) is 4.62. The molecule has 5 nitrogen and oxygen atoms in total. The van der Waals surface area contributed by atoms with Gasteiger partial charge in [0.2, 0.25) is 0 Å². The standard InChI is InChI=1S/C13H13N3O2S/c1-7-9(12(17)18)4-5-11(14-7)16-13-15-10(6-19-13)8-2-3-8/h4-6,8H,2-3H2,1H3,(H,17,18)(H,14,15,16). The Kier molecular flexibility index (Phi) is 2.94. The van der Waals surface area contributed by atoms with Crippen LogP contribution in [-0.4, -0.2) is 21.0 Å². The van der Waals surface area contributed by atoms with Crippen molar-refractivity contribution in [3.63, 3.8) is 0 Å². The number of nitrogens with one attached hydrogen (secondary N) is 1. The van der Waals surface area contributed by atoms with Crippen LogP contribution in [0.1, 0.15) is 40.5 Å². The maximum atomic E-state index is 10.9. The lowest BCUT2D eigenvalue weighted by molar-refractivity contribution is 0.0695. The average Bonchev–Trinajstić information content (AvgIpc) is 3.10. The lowest BCUT2D eigenvalue weighted by Gasteiger charge is -2.04. The number of aromatic nitrogens is 2. The number of carboxylic acids is 1. The summed E-state index contributed by atoms with van der Waals surface area (Å²) >= 11 is 1.55. The van der Waals surface area contributed by atoms with Crippen molar-refractivity contribution in [1.29, 1.82) is 0 Å². The van der Waals surface area contributed by atoms with E-state index in [0.717, 1.165) is 10.8 Å². The predicted octanol–water partition coefficient (Wildman–Crippen LogP) is 3.17. The second-order valence-corrected chi connectivity index (χ2v) is 5.47. The quantitative estimate of drug-likeness (QED) is 0.896. The molecule has 2 N–H and O–H groups in total. The first-order valence-electron chi connectivity index (χ1n) is 6.07. The minimum Gasteiger partial charge on any atom is -0.478 e. The van der Waals surface area contributed by atoms with E-state index < -0.39 is 5.97 Å². The number of anilines is 2. The fraction of sp³-hybridized carbons (Fsp3) is 0.308. The van der Waals surface area contributed by atoms with Gasteiger partial charge in [-0.25, -0.2) is 14.8 Å². The molecule has 0 amide bonds. The maximum absolute atomic E-state index is 10.9. The molecule has 1 fully saturated rings. The first-order valence-corrected chi connectivity index (χ1v) is 6.95. The molecule has 3 rings (SSSR count). The third-order valence-electron chi connectivity index (χ3n) is 3.07. The molecule has 0 radical (unpaired) electrons. The Labute approximate surface area is 114 Å². The van der Waals surface area contributed by atoms with Gasteiger partial charge in [-0.15, -0.1) is 11.3 Å². The number of hydrogen-bond donors (Lipinski definition) is 2. The van der Waals surface area contributed by atoms with Crippen LogP contribution in [0.5, 0.6) is 0 Å². The molecule has 2 aromatic rings. The van der Waals surface area contributed by atoms with Crippen molar-refractivity contribution in [3.05, 3.63) is 34.5 Å². The number of hydrogen-bond acceptors (Lipinski definition) is 5. The molecular weight excluding hydrogens is 262 g/mol. The Morgan fingerprint density at radius 1 is 1.42 bits per heavy atom. The number of thiazole rings is 1. The van der Waals surface area contributed by atoms with Crippen LogP contribution in [0.15, 0.2) is 17.5 Å². The van der Waals surface area contributed by atoms with Crippen LogP contribution in [-0.2, 0) is 0 Å². The number of aromatic carboxylic acids is 1. The minimum absolute atomic E-state index is 0.225. The topological polar surface area (TPSA) is 75.1 Å². The molecule has 98 valence electrons. The van der Waals surface area contributed by atoms with Crippen molar-refractivity contribution in [3.8, 4) is 0 Å². The molecule has 2 aromatic heterocycles. The van der Waals surface area contributed by atoms with E-state index >= 15 is 0 Å². The van der Waals surface area contributed by atoms with E-state index in [-0.39, 0.29) is 5.56 Å². The number of carboxylic acid groups (broad SMARTS) is 1. The summed E-state index contributed by atoms with van der Waals surface area (Å²) in [7, 11) is 0. The molecule has 1 saturated carbocycles. The number of pyridine rings is 1. The molecule has 19 heavy (non-hydrogen) atoms. The molecule has 0 aromatic carbocycles. The van der Waals surface area contributed by atoms with E-state index in [9.17, 15) is 4.79 Å².